The van der Waals surface area contributed by atoms with E-state index >= 15 is 0 Å². The van der Waals surface area contributed by atoms with Crippen LogP contribution in [0.4, 0.5) is 0 Å². The molecule has 27 heavy (non-hydrogen) atoms. The molecule has 1 aromatic heterocycles. The largest absolute Gasteiger partial charge is 0.354 e. The minimum Gasteiger partial charge on any atom is -0.354 e. The average Bonchev–Trinajstić information content (AvgIpc) is 3.14. The molecule has 1 heterocycles. The number of amides is 2. The quantitative estimate of drug-likeness (QED) is 0.611. The molecule has 1 atom stereocenters. The monoisotopic (exact) mass is 390 g/mol. The van der Waals surface area contributed by atoms with E-state index < -0.39 is 6.04 Å². The first kappa shape index (κ1) is 21.0. The fourth-order valence-electron chi connectivity index (χ4n) is 2.72. The molecule has 0 aliphatic heterocycles. The van der Waals surface area contributed by atoms with Crippen LogP contribution >= 0.6 is 11.6 Å². The van der Waals surface area contributed by atoms with Crippen molar-refractivity contribution in [3.63, 3.8) is 0 Å². The number of halogens is 1. The summed E-state index contributed by atoms with van der Waals surface area (Å²) in [4.78, 5) is 28.9. The van der Waals surface area contributed by atoms with Gasteiger partial charge in [0.1, 0.15) is 6.04 Å². The Morgan fingerprint density at radius 1 is 1.19 bits per heavy atom. The summed E-state index contributed by atoms with van der Waals surface area (Å²) in [5.74, 6) is -0.131. The zero-order chi connectivity index (χ0) is 19.6. The van der Waals surface area contributed by atoms with Crippen molar-refractivity contribution in [3.05, 3.63) is 53.6 Å². The minimum absolute atomic E-state index is 0.145. The lowest BCUT2D eigenvalue weighted by Gasteiger charge is -2.20. The van der Waals surface area contributed by atoms with Gasteiger partial charge in [0.25, 0.3) is 5.91 Å². The third-order valence-corrected chi connectivity index (χ3v) is 4.39. The van der Waals surface area contributed by atoms with Crippen molar-refractivity contribution in [3.8, 4) is 0 Å². The van der Waals surface area contributed by atoms with E-state index in [-0.39, 0.29) is 17.7 Å². The number of hydrogen-bond acceptors (Lipinski definition) is 3. The molecule has 0 saturated carbocycles. The molecule has 2 rings (SSSR count). The van der Waals surface area contributed by atoms with Gasteiger partial charge in [-0.05, 0) is 49.4 Å². The Balaban J connectivity index is 1.81. The van der Waals surface area contributed by atoms with Crippen LogP contribution < -0.4 is 10.6 Å². The Morgan fingerprint density at radius 2 is 1.93 bits per heavy atom. The number of unbranched alkanes of at least 4 members (excludes halogenated alkanes) is 1. The standard InChI is InChI=1S/C20H27ClN4O2/c1-15(2)13-18(24-19(26)16-5-7-17(21)8-6-16)20(27)23-9-3-4-11-25-12-10-22-14-25/h5-8,10,12,14-15,18H,3-4,9,11,13H2,1-2H3,(H,23,27)(H,24,26). The number of carbonyl (C=O) groups is 2. The number of imidazole rings is 1. The molecule has 0 spiro atoms. The van der Waals surface area contributed by atoms with E-state index in [4.69, 9.17) is 11.6 Å². The predicted octanol–water partition coefficient (Wildman–Crippen LogP) is 3.28. The van der Waals surface area contributed by atoms with Crippen LogP contribution in [0.3, 0.4) is 0 Å². The van der Waals surface area contributed by atoms with E-state index in [2.05, 4.69) is 15.6 Å². The first-order chi connectivity index (χ1) is 13.0. The Morgan fingerprint density at radius 3 is 2.56 bits per heavy atom. The third kappa shape index (κ3) is 7.43. The molecular weight excluding hydrogens is 364 g/mol. The van der Waals surface area contributed by atoms with Crippen LogP contribution in [0.25, 0.3) is 0 Å². The van der Waals surface area contributed by atoms with Crippen LogP contribution in [0.15, 0.2) is 43.0 Å². The number of carbonyl (C=O) groups excluding carboxylic acids is 2. The summed E-state index contributed by atoms with van der Waals surface area (Å²) in [7, 11) is 0. The predicted molar refractivity (Wildman–Crippen MR) is 107 cm³/mol. The van der Waals surface area contributed by atoms with Crippen LogP contribution in [0.1, 0.15) is 43.5 Å². The number of nitrogens with zero attached hydrogens (tertiary/aromatic N) is 2. The molecule has 2 aromatic rings. The number of aromatic nitrogens is 2. The van der Waals surface area contributed by atoms with Crippen molar-refractivity contribution in [2.24, 2.45) is 5.92 Å². The zero-order valence-electron chi connectivity index (χ0n) is 15.8. The summed E-state index contributed by atoms with van der Waals surface area (Å²) in [5.41, 5.74) is 0.487. The molecule has 2 N–H and O–H groups in total. The normalized spacial score (nSPS) is 12.0. The Labute approximate surface area is 165 Å². The number of nitrogens with one attached hydrogen (secondary N) is 2. The maximum Gasteiger partial charge on any atom is 0.251 e. The van der Waals surface area contributed by atoms with Gasteiger partial charge >= 0.3 is 0 Å². The second-order valence-corrected chi connectivity index (χ2v) is 7.40. The molecule has 6 nitrogen and oxygen atoms in total. The van der Waals surface area contributed by atoms with Gasteiger partial charge in [0, 0.05) is 36.1 Å². The minimum atomic E-state index is -0.554. The Bertz CT molecular complexity index is 714. The van der Waals surface area contributed by atoms with Gasteiger partial charge in [0.05, 0.1) is 6.33 Å². The van der Waals surface area contributed by atoms with E-state index in [0.29, 0.717) is 23.6 Å². The first-order valence-electron chi connectivity index (χ1n) is 9.25. The highest BCUT2D eigenvalue weighted by Crippen LogP contribution is 2.11. The molecular formula is C20H27ClN4O2. The highest BCUT2D eigenvalue weighted by Gasteiger charge is 2.22. The van der Waals surface area contributed by atoms with Crippen LogP contribution in [0, 0.1) is 5.92 Å². The van der Waals surface area contributed by atoms with Crippen molar-refractivity contribution in [1.29, 1.82) is 0 Å². The summed E-state index contributed by atoms with van der Waals surface area (Å²) in [6.45, 7) is 5.51. The molecule has 0 fully saturated rings. The van der Waals surface area contributed by atoms with E-state index in [1.54, 1.807) is 36.8 Å². The van der Waals surface area contributed by atoms with Gasteiger partial charge in [-0.25, -0.2) is 4.98 Å². The van der Waals surface area contributed by atoms with Gasteiger partial charge < -0.3 is 15.2 Å². The lowest BCUT2D eigenvalue weighted by Crippen LogP contribution is -2.47. The molecule has 0 aliphatic carbocycles. The topological polar surface area (TPSA) is 76.0 Å². The molecule has 0 saturated heterocycles. The van der Waals surface area contributed by atoms with Crippen LogP contribution in [-0.2, 0) is 11.3 Å². The van der Waals surface area contributed by atoms with E-state index in [1.807, 2.05) is 24.6 Å². The van der Waals surface area contributed by atoms with Crippen LogP contribution in [-0.4, -0.2) is 34.0 Å². The smallest absolute Gasteiger partial charge is 0.251 e. The molecule has 1 aromatic carbocycles. The van der Waals surface area contributed by atoms with Gasteiger partial charge in [0.15, 0.2) is 0 Å². The summed E-state index contributed by atoms with van der Waals surface area (Å²) in [6.07, 6.45) is 7.85. The van der Waals surface area contributed by atoms with Crippen molar-refractivity contribution in [1.82, 2.24) is 20.2 Å². The van der Waals surface area contributed by atoms with Gasteiger partial charge in [-0.2, -0.15) is 0 Å². The molecule has 0 radical (unpaired) electrons. The maximum absolute atomic E-state index is 12.5. The van der Waals surface area contributed by atoms with Crippen LogP contribution in [0.5, 0.6) is 0 Å². The fourth-order valence-corrected chi connectivity index (χ4v) is 2.84. The molecule has 7 heteroatoms. The average molecular weight is 391 g/mol. The second-order valence-electron chi connectivity index (χ2n) is 6.96. The molecule has 146 valence electrons. The summed E-state index contributed by atoms with van der Waals surface area (Å²) in [6, 6.07) is 6.07. The highest BCUT2D eigenvalue weighted by molar-refractivity contribution is 6.30. The first-order valence-corrected chi connectivity index (χ1v) is 9.63. The summed E-state index contributed by atoms with van der Waals surface area (Å²) >= 11 is 5.86. The fraction of sp³-hybridized carbons (Fsp3) is 0.450. The summed E-state index contributed by atoms with van der Waals surface area (Å²) < 4.78 is 2.01. The lowest BCUT2D eigenvalue weighted by atomic mass is 10.0. The lowest BCUT2D eigenvalue weighted by molar-refractivity contribution is -0.123. The van der Waals surface area contributed by atoms with Gasteiger partial charge in [-0.3, -0.25) is 9.59 Å². The Kier molecular flexibility index (Phi) is 8.33. The van der Waals surface area contributed by atoms with E-state index in [9.17, 15) is 9.59 Å². The summed E-state index contributed by atoms with van der Waals surface area (Å²) in [5, 5.41) is 6.34. The van der Waals surface area contributed by atoms with E-state index in [0.717, 1.165) is 19.4 Å². The van der Waals surface area contributed by atoms with Crippen molar-refractivity contribution in [2.75, 3.05) is 6.54 Å². The van der Waals surface area contributed by atoms with Crippen molar-refractivity contribution >= 4 is 23.4 Å². The van der Waals surface area contributed by atoms with Gasteiger partial charge in [-0.15, -0.1) is 0 Å². The highest BCUT2D eigenvalue weighted by atomic mass is 35.5. The third-order valence-electron chi connectivity index (χ3n) is 4.14. The zero-order valence-corrected chi connectivity index (χ0v) is 16.6. The second kappa shape index (κ2) is 10.7. The SMILES string of the molecule is CC(C)CC(NC(=O)c1ccc(Cl)cc1)C(=O)NCCCCn1ccnc1. The van der Waals surface area contributed by atoms with Gasteiger partial charge in [-0.1, -0.05) is 25.4 Å². The number of benzene rings is 1. The molecule has 1 unspecified atom stereocenters. The molecule has 2 amide bonds. The number of hydrogen-bond donors (Lipinski definition) is 2. The van der Waals surface area contributed by atoms with Gasteiger partial charge in [0.2, 0.25) is 5.91 Å². The van der Waals surface area contributed by atoms with Crippen molar-refractivity contribution in [2.45, 2.75) is 45.7 Å². The van der Waals surface area contributed by atoms with E-state index in [1.165, 1.54) is 0 Å². The molecule has 0 bridgehead atoms. The van der Waals surface area contributed by atoms with Crippen LogP contribution in [0.2, 0.25) is 5.02 Å². The number of rotatable bonds is 10. The maximum atomic E-state index is 12.5. The molecule has 0 aliphatic rings. The Hall–Kier alpha value is -2.34. The van der Waals surface area contributed by atoms with Crippen molar-refractivity contribution < 1.29 is 9.59 Å². The number of aryl methyl sites for hydroxylation is 1.